The number of aryl methyl sites for hydroxylation is 2. The Morgan fingerprint density at radius 1 is 1.47 bits per heavy atom. The van der Waals surface area contributed by atoms with Crippen molar-refractivity contribution >= 4 is 5.52 Å². The molecule has 0 spiro atoms. The highest BCUT2D eigenvalue weighted by Gasteiger charge is 2.10. The molecule has 0 saturated heterocycles. The summed E-state index contributed by atoms with van der Waals surface area (Å²) in [7, 11) is 1.95. The maximum Gasteiger partial charge on any atom is 0.113 e. The predicted octanol–water partition coefficient (Wildman–Crippen LogP) is 1.92. The lowest BCUT2D eigenvalue weighted by Crippen LogP contribution is -2.06. The molecular formula is C12H17N3. The first-order valence-electron chi connectivity index (χ1n) is 5.38. The Kier molecular flexibility index (Phi) is 2.73. The van der Waals surface area contributed by atoms with Crippen LogP contribution in [0.25, 0.3) is 5.52 Å². The van der Waals surface area contributed by atoms with Gasteiger partial charge in [-0.3, -0.25) is 0 Å². The maximum absolute atomic E-state index is 4.66. The van der Waals surface area contributed by atoms with Crippen LogP contribution in [-0.2, 0) is 13.0 Å². The van der Waals surface area contributed by atoms with Crippen molar-refractivity contribution < 1.29 is 0 Å². The van der Waals surface area contributed by atoms with Gasteiger partial charge in [0.1, 0.15) is 5.82 Å². The van der Waals surface area contributed by atoms with Crippen molar-refractivity contribution in [1.29, 1.82) is 0 Å². The lowest BCUT2D eigenvalue weighted by atomic mass is 10.2. The zero-order valence-electron chi connectivity index (χ0n) is 9.54. The Morgan fingerprint density at radius 3 is 2.93 bits per heavy atom. The molecule has 0 fully saturated rings. The average molecular weight is 203 g/mol. The number of hydrogen-bond acceptors (Lipinski definition) is 2. The first kappa shape index (κ1) is 10.2. The molecule has 0 aromatic carbocycles. The minimum Gasteiger partial charge on any atom is -0.314 e. The Morgan fingerprint density at radius 2 is 2.27 bits per heavy atom. The number of nitrogens with one attached hydrogen (secondary N) is 1. The number of pyridine rings is 1. The van der Waals surface area contributed by atoms with Crippen LogP contribution in [0.2, 0.25) is 0 Å². The van der Waals surface area contributed by atoms with Gasteiger partial charge in [-0.15, -0.1) is 0 Å². The lowest BCUT2D eigenvalue weighted by molar-refractivity contribution is 0.795. The molecule has 2 rings (SSSR count). The summed E-state index contributed by atoms with van der Waals surface area (Å²) in [5.41, 5.74) is 3.69. The van der Waals surface area contributed by atoms with Crippen molar-refractivity contribution in [2.45, 2.75) is 26.8 Å². The average Bonchev–Trinajstić information content (AvgIpc) is 2.59. The van der Waals surface area contributed by atoms with Gasteiger partial charge in [-0.1, -0.05) is 13.0 Å². The molecule has 80 valence electrons. The van der Waals surface area contributed by atoms with Crippen LogP contribution in [0.4, 0.5) is 0 Å². The van der Waals surface area contributed by atoms with Crippen molar-refractivity contribution in [2.75, 3.05) is 7.05 Å². The van der Waals surface area contributed by atoms with Crippen LogP contribution < -0.4 is 5.32 Å². The van der Waals surface area contributed by atoms with E-state index in [0.717, 1.165) is 24.5 Å². The predicted molar refractivity (Wildman–Crippen MR) is 62.1 cm³/mol. The summed E-state index contributed by atoms with van der Waals surface area (Å²) in [6.45, 7) is 5.10. The van der Waals surface area contributed by atoms with Gasteiger partial charge in [-0.2, -0.15) is 0 Å². The summed E-state index contributed by atoms with van der Waals surface area (Å²) in [6, 6.07) is 4.21. The fourth-order valence-corrected chi connectivity index (χ4v) is 2.00. The fourth-order valence-electron chi connectivity index (χ4n) is 2.00. The van der Waals surface area contributed by atoms with Crippen molar-refractivity contribution in [3.8, 4) is 0 Å². The molecule has 0 aliphatic carbocycles. The van der Waals surface area contributed by atoms with Crippen LogP contribution in [0.15, 0.2) is 18.3 Å². The first-order chi connectivity index (χ1) is 7.27. The molecule has 2 heterocycles. The Bertz CT molecular complexity index is 471. The topological polar surface area (TPSA) is 29.3 Å². The number of hydrogen-bond donors (Lipinski definition) is 1. The molecule has 1 N–H and O–H groups in total. The Hall–Kier alpha value is -1.35. The highest BCUT2D eigenvalue weighted by molar-refractivity contribution is 5.59. The van der Waals surface area contributed by atoms with Crippen molar-refractivity contribution in [2.24, 2.45) is 0 Å². The number of imidazole rings is 1. The normalized spacial score (nSPS) is 11.1. The minimum absolute atomic E-state index is 0.828. The van der Waals surface area contributed by atoms with Crippen molar-refractivity contribution in [3.05, 3.63) is 35.4 Å². The maximum atomic E-state index is 4.66. The zero-order valence-corrected chi connectivity index (χ0v) is 9.54. The van der Waals surface area contributed by atoms with Gasteiger partial charge in [-0.25, -0.2) is 4.98 Å². The van der Waals surface area contributed by atoms with Crippen LogP contribution in [0, 0.1) is 6.92 Å². The van der Waals surface area contributed by atoms with E-state index in [0.29, 0.717) is 0 Å². The van der Waals surface area contributed by atoms with Gasteiger partial charge in [0, 0.05) is 19.2 Å². The number of nitrogens with zero attached hydrogens (tertiary/aromatic N) is 2. The summed E-state index contributed by atoms with van der Waals surface area (Å²) in [5, 5.41) is 3.16. The van der Waals surface area contributed by atoms with Gasteiger partial charge in [0.25, 0.3) is 0 Å². The lowest BCUT2D eigenvalue weighted by Gasteiger charge is -2.01. The minimum atomic E-state index is 0.828. The van der Waals surface area contributed by atoms with Crippen LogP contribution in [0.3, 0.4) is 0 Å². The monoisotopic (exact) mass is 203 g/mol. The molecular weight excluding hydrogens is 186 g/mol. The molecule has 0 bridgehead atoms. The molecule has 3 nitrogen and oxygen atoms in total. The second-order valence-electron chi connectivity index (χ2n) is 3.77. The smallest absolute Gasteiger partial charge is 0.113 e. The Balaban J connectivity index is 2.70. The molecule has 2 aromatic heterocycles. The van der Waals surface area contributed by atoms with E-state index in [4.69, 9.17) is 0 Å². The van der Waals surface area contributed by atoms with Gasteiger partial charge in [0.15, 0.2) is 0 Å². The zero-order chi connectivity index (χ0) is 10.8. The second kappa shape index (κ2) is 4.03. The molecule has 0 saturated carbocycles. The summed E-state index contributed by atoms with van der Waals surface area (Å²) in [4.78, 5) is 4.66. The standard InChI is InChI=1S/C12H17N3/c1-4-11-14-10(8-13-3)12-9(2)6-5-7-15(11)12/h5-7,13H,4,8H2,1-3H3. The quantitative estimate of drug-likeness (QED) is 0.826. The largest absolute Gasteiger partial charge is 0.314 e. The third-order valence-corrected chi connectivity index (χ3v) is 2.67. The van der Waals surface area contributed by atoms with E-state index >= 15 is 0 Å². The highest BCUT2D eigenvalue weighted by Crippen LogP contribution is 2.17. The van der Waals surface area contributed by atoms with E-state index in [-0.39, 0.29) is 0 Å². The molecule has 0 radical (unpaired) electrons. The summed E-state index contributed by atoms with van der Waals surface area (Å²) < 4.78 is 2.20. The van der Waals surface area contributed by atoms with Crippen LogP contribution in [0.5, 0.6) is 0 Å². The van der Waals surface area contributed by atoms with Crippen LogP contribution >= 0.6 is 0 Å². The molecule has 15 heavy (non-hydrogen) atoms. The fraction of sp³-hybridized carbons (Fsp3) is 0.417. The molecule has 0 unspecified atom stereocenters. The van der Waals surface area contributed by atoms with Gasteiger partial charge in [0.05, 0.1) is 11.2 Å². The molecule has 0 amide bonds. The molecule has 2 aromatic rings. The van der Waals surface area contributed by atoms with Crippen molar-refractivity contribution in [3.63, 3.8) is 0 Å². The molecule has 0 atom stereocenters. The third-order valence-electron chi connectivity index (χ3n) is 2.67. The summed E-state index contributed by atoms with van der Waals surface area (Å²) in [5.74, 6) is 1.14. The van der Waals surface area contributed by atoms with E-state index in [2.05, 4.69) is 46.9 Å². The van der Waals surface area contributed by atoms with Gasteiger partial charge >= 0.3 is 0 Å². The van der Waals surface area contributed by atoms with E-state index in [1.54, 1.807) is 0 Å². The number of rotatable bonds is 3. The summed E-state index contributed by atoms with van der Waals surface area (Å²) in [6.07, 6.45) is 3.06. The van der Waals surface area contributed by atoms with E-state index in [1.807, 2.05) is 7.05 Å². The second-order valence-corrected chi connectivity index (χ2v) is 3.77. The van der Waals surface area contributed by atoms with E-state index < -0.39 is 0 Å². The van der Waals surface area contributed by atoms with Crippen LogP contribution in [-0.4, -0.2) is 16.4 Å². The highest BCUT2D eigenvalue weighted by atomic mass is 15.0. The van der Waals surface area contributed by atoms with Gasteiger partial charge in [-0.05, 0) is 25.6 Å². The molecule has 3 heteroatoms. The first-order valence-corrected chi connectivity index (χ1v) is 5.38. The SMILES string of the molecule is CCc1nc(CNC)c2c(C)cccn12. The summed E-state index contributed by atoms with van der Waals surface area (Å²) >= 11 is 0. The van der Waals surface area contributed by atoms with Crippen molar-refractivity contribution in [1.82, 2.24) is 14.7 Å². The third kappa shape index (κ3) is 1.63. The van der Waals surface area contributed by atoms with E-state index in [1.165, 1.54) is 11.1 Å². The number of aromatic nitrogens is 2. The van der Waals surface area contributed by atoms with E-state index in [9.17, 15) is 0 Å². The molecule has 0 aliphatic rings. The Labute approximate surface area is 90.1 Å². The van der Waals surface area contributed by atoms with Crippen LogP contribution in [0.1, 0.15) is 24.0 Å². The number of fused-ring (bicyclic) bond motifs is 1. The van der Waals surface area contributed by atoms with Gasteiger partial charge in [0.2, 0.25) is 0 Å². The molecule has 0 aliphatic heterocycles. The van der Waals surface area contributed by atoms with Gasteiger partial charge < -0.3 is 9.72 Å².